The van der Waals surface area contributed by atoms with Gasteiger partial charge in [0.05, 0.1) is 0 Å². The third kappa shape index (κ3) is 2.14. The molecule has 0 unspecified atom stereocenters. The summed E-state index contributed by atoms with van der Waals surface area (Å²) in [6.07, 6.45) is 3.13. The second-order valence-electron chi connectivity index (χ2n) is 6.38. The van der Waals surface area contributed by atoms with Crippen LogP contribution in [0.4, 0.5) is 11.4 Å². The van der Waals surface area contributed by atoms with Gasteiger partial charge in [-0.2, -0.15) is 0 Å². The number of rotatable bonds is 1. The number of benzene rings is 1. The summed E-state index contributed by atoms with van der Waals surface area (Å²) >= 11 is 0. The third-order valence-corrected chi connectivity index (χ3v) is 4.07. The Hall–Kier alpha value is -1.77. The van der Waals surface area contributed by atoms with Crippen molar-refractivity contribution in [3.63, 3.8) is 0 Å². The molecule has 1 aliphatic heterocycles. The second kappa shape index (κ2) is 4.12. The average molecular weight is 255 g/mol. The zero-order chi connectivity index (χ0) is 13.6. The van der Waals surface area contributed by atoms with E-state index in [2.05, 4.69) is 35.9 Å². The fourth-order valence-electron chi connectivity index (χ4n) is 2.94. The molecule has 0 radical (unpaired) electrons. The summed E-state index contributed by atoms with van der Waals surface area (Å²) in [5, 5.41) is 2.29. The van der Waals surface area contributed by atoms with E-state index in [0.29, 0.717) is 5.41 Å². The second-order valence-corrected chi connectivity index (χ2v) is 6.38. The number of aromatic nitrogens is 1. The smallest absolute Gasteiger partial charge is 0.0448 e. The molecule has 1 aromatic carbocycles. The first-order valence-electron chi connectivity index (χ1n) is 6.86. The Balaban J connectivity index is 2.14. The Morgan fingerprint density at radius 1 is 1.26 bits per heavy atom. The van der Waals surface area contributed by atoms with Crippen molar-refractivity contribution in [1.82, 2.24) is 4.98 Å². The highest BCUT2D eigenvalue weighted by molar-refractivity contribution is 6.01. The van der Waals surface area contributed by atoms with E-state index in [1.54, 1.807) is 0 Å². The molecule has 0 amide bonds. The summed E-state index contributed by atoms with van der Waals surface area (Å²) in [5.74, 6) is 0. The van der Waals surface area contributed by atoms with Gasteiger partial charge < -0.3 is 10.6 Å². The molecule has 0 aliphatic carbocycles. The molecule has 1 aliphatic rings. The molecule has 3 heteroatoms. The number of nitrogens with zero attached hydrogens (tertiary/aromatic N) is 2. The van der Waals surface area contributed by atoms with E-state index in [9.17, 15) is 0 Å². The molecule has 1 aromatic heterocycles. The van der Waals surface area contributed by atoms with Crippen LogP contribution in [0.2, 0.25) is 0 Å². The summed E-state index contributed by atoms with van der Waals surface area (Å²) in [7, 11) is 0. The van der Waals surface area contributed by atoms with Crippen LogP contribution in [0.15, 0.2) is 24.4 Å². The Bertz CT molecular complexity index is 631. The number of aryl methyl sites for hydroxylation is 1. The van der Waals surface area contributed by atoms with Gasteiger partial charge in [-0.3, -0.25) is 4.98 Å². The predicted molar refractivity (Wildman–Crippen MR) is 81.5 cm³/mol. The highest BCUT2D eigenvalue weighted by Crippen LogP contribution is 2.37. The lowest BCUT2D eigenvalue weighted by atomic mass is 9.93. The number of nitrogens with two attached hydrogens (primary N) is 1. The Morgan fingerprint density at radius 3 is 2.74 bits per heavy atom. The lowest BCUT2D eigenvalue weighted by molar-refractivity contribution is 0.418. The molecular formula is C16H21N3. The maximum atomic E-state index is 6.07. The molecule has 100 valence electrons. The van der Waals surface area contributed by atoms with Gasteiger partial charge in [0.25, 0.3) is 0 Å². The van der Waals surface area contributed by atoms with Crippen LogP contribution in [0.3, 0.4) is 0 Å². The molecule has 0 saturated carbocycles. The molecule has 2 aromatic rings. The van der Waals surface area contributed by atoms with E-state index in [-0.39, 0.29) is 0 Å². The summed E-state index contributed by atoms with van der Waals surface area (Å²) < 4.78 is 0. The summed E-state index contributed by atoms with van der Waals surface area (Å²) in [4.78, 5) is 6.84. The molecule has 0 atom stereocenters. The van der Waals surface area contributed by atoms with Crippen LogP contribution in [0.5, 0.6) is 0 Å². The van der Waals surface area contributed by atoms with E-state index < -0.39 is 0 Å². The minimum atomic E-state index is 0.399. The first-order valence-corrected chi connectivity index (χ1v) is 6.86. The highest BCUT2D eigenvalue weighted by atomic mass is 15.2. The molecule has 2 N–H and O–H groups in total. The fourth-order valence-corrected chi connectivity index (χ4v) is 2.94. The molecule has 1 fully saturated rings. The average Bonchev–Trinajstić information content (AvgIpc) is 2.70. The van der Waals surface area contributed by atoms with Crippen molar-refractivity contribution in [2.75, 3.05) is 23.7 Å². The zero-order valence-corrected chi connectivity index (χ0v) is 11.9. The predicted octanol–water partition coefficient (Wildman–Crippen LogP) is 3.36. The molecule has 1 saturated heterocycles. The first-order chi connectivity index (χ1) is 8.96. The number of pyridine rings is 1. The van der Waals surface area contributed by atoms with Crippen LogP contribution in [-0.2, 0) is 0 Å². The van der Waals surface area contributed by atoms with Gasteiger partial charge in [0.2, 0.25) is 0 Å². The fraction of sp³-hybridized carbons (Fsp3) is 0.438. The minimum absolute atomic E-state index is 0.399. The molecule has 19 heavy (non-hydrogen) atoms. The van der Waals surface area contributed by atoms with Gasteiger partial charge in [-0.05, 0) is 37.0 Å². The van der Waals surface area contributed by atoms with Crippen molar-refractivity contribution in [1.29, 1.82) is 0 Å². The van der Waals surface area contributed by atoms with Gasteiger partial charge in [-0.15, -0.1) is 0 Å². The van der Waals surface area contributed by atoms with E-state index in [1.807, 2.05) is 19.2 Å². The van der Waals surface area contributed by atoms with Crippen LogP contribution in [0.25, 0.3) is 10.8 Å². The molecule has 2 heterocycles. The molecule has 0 bridgehead atoms. The number of fused-ring (bicyclic) bond motifs is 1. The number of anilines is 2. The Morgan fingerprint density at radius 2 is 2.05 bits per heavy atom. The number of hydrogen-bond acceptors (Lipinski definition) is 3. The van der Waals surface area contributed by atoms with Crippen LogP contribution in [0, 0.1) is 12.3 Å². The van der Waals surface area contributed by atoms with Crippen molar-refractivity contribution >= 4 is 22.1 Å². The van der Waals surface area contributed by atoms with Gasteiger partial charge in [0.1, 0.15) is 0 Å². The largest absolute Gasteiger partial charge is 0.398 e. The Kier molecular flexibility index (Phi) is 2.66. The van der Waals surface area contributed by atoms with Crippen molar-refractivity contribution in [2.45, 2.75) is 27.2 Å². The van der Waals surface area contributed by atoms with E-state index in [0.717, 1.165) is 29.9 Å². The lowest BCUT2D eigenvalue weighted by Crippen LogP contribution is -2.22. The lowest BCUT2D eigenvalue weighted by Gasteiger charge is -2.23. The van der Waals surface area contributed by atoms with Crippen molar-refractivity contribution in [3.8, 4) is 0 Å². The van der Waals surface area contributed by atoms with Gasteiger partial charge in [-0.1, -0.05) is 13.8 Å². The minimum Gasteiger partial charge on any atom is -0.398 e. The molecule has 0 spiro atoms. The van der Waals surface area contributed by atoms with E-state index >= 15 is 0 Å². The molecule has 3 rings (SSSR count). The topological polar surface area (TPSA) is 42.1 Å². The summed E-state index contributed by atoms with van der Waals surface area (Å²) in [6, 6.07) is 6.30. The maximum Gasteiger partial charge on any atom is 0.0448 e. The van der Waals surface area contributed by atoms with Crippen molar-refractivity contribution < 1.29 is 0 Å². The molecular weight excluding hydrogens is 234 g/mol. The van der Waals surface area contributed by atoms with Crippen molar-refractivity contribution in [3.05, 3.63) is 30.1 Å². The van der Waals surface area contributed by atoms with Gasteiger partial charge in [0.15, 0.2) is 0 Å². The third-order valence-electron chi connectivity index (χ3n) is 4.07. The normalized spacial score (nSPS) is 18.2. The quantitative estimate of drug-likeness (QED) is 0.794. The highest BCUT2D eigenvalue weighted by Gasteiger charge is 2.30. The van der Waals surface area contributed by atoms with Crippen LogP contribution >= 0.6 is 0 Å². The monoisotopic (exact) mass is 255 g/mol. The SMILES string of the molecule is Cc1cc2c(N3CCC(C)(C)C3)ccc(N)c2cn1. The van der Waals surface area contributed by atoms with Gasteiger partial charge >= 0.3 is 0 Å². The van der Waals surface area contributed by atoms with Crippen LogP contribution in [-0.4, -0.2) is 18.1 Å². The van der Waals surface area contributed by atoms with Gasteiger partial charge in [-0.25, -0.2) is 0 Å². The van der Waals surface area contributed by atoms with Crippen molar-refractivity contribution in [2.24, 2.45) is 5.41 Å². The Labute approximate surface area is 114 Å². The number of hydrogen-bond donors (Lipinski definition) is 1. The van der Waals surface area contributed by atoms with Crippen LogP contribution < -0.4 is 10.6 Å². The van der Waals surface area contributed by atoms with E-state index in [1.165, 1.54) is 17.5 Å². The zero-order valence-electron chi connectivity index (χ0n) is 11.9. The van der Waals surface area contributed by atoms with E-state index in [4.69, 9.17) is 5.73 Å². The standard InChI is InChI=1S/C16H21N3/c1-11-8-12-13(9-18-11)14(17)4-5-15(12)19-7-6-16(2,3)10-19/h4-5,8-9H,6-7,10,17H2,1-3H3. The molecule has 3 nitrogen and oxygen atoms in total. The summed E-state index contributed by atoms with van der Waals surface area (Å²) in [6.45, 7) is 8.92. The first kappa shape index (κ1) is 12.3. The van der Waals surface area contributed by atoms with Gasteiger partial charge in [0, 0.05) is 47.1 Å². The van der Waals surface area contributed by atoms with Crippen LogP contribution in [0.1, 0.15) is 26.0 Å². The number of nitrogen functional groups attached to an aromatic ring is 1. The summed E-state index contributed by atoms with van der Waals surface area (Å²) in [5.41, 5.74) is 9.61. The maximum absolute atomic E-state index is 6.07.